The molecule has 0 bridgehead atoms. The fourth-order valence-electron chi connectivity index (χ4n) is 1.59. The molecule has 3 heteroatoms. The second-order valence-corrected chi connectivity index (χ2v) is 4.09. The minimum atomic E-state index is -0.142. The van der Waals surface area contributed by atoms with Crippen LogP contribution < -0.4 is 0 Å². The Morgan fingerprint density at radius 1 is 1.64 bits per heavy atom. The topological polar surface area (TPSA) is 35.5 Å². The predicted molar refractivity (Wildman–Crippen MR) is 54.0 cm³/mol. The fraction of sp³-hybridized carbons (Fsp3) is 0.727. The van der Waals surface area contributed by atoms with Crippen LogP contribution in [0.2, 0.25) is 0 Å². The van der Waals surface area contributed by atoms with Gasteiger partial charge in [0.05, 0.1) is 25.2 Å². The average Bonchev–Trinajstić information content (AvgIpc) is 2.02. The highest BCUT2D eigenvalue weighted by molar-refractivity contribution is 5.72. The molecule has 0 saturated carbocycles. The van der Waals surface area contributed by atoms with Gasteiger partial charge in [0.15, 0.2) is 0 Å². The lowest BCUT2D eigenvalue weighted by Gasteiger charge is -2.29. The summed E-state index contributed by atoms with van der Waals surface area (Å²) >= 11 is 0. The van der Waals surface area contributed by atoms with Gasteiger partial charge in [0.25, 0.3) is 0 Å². The van der Waals surface area contributed by atoms with E-state index in [-0.39, 0.29) is 11.6 Å². The van der Waals surface area contributed by atoms with Crippen LogP contribution in [0.4, 0.5) is 0 Å². The number of rotatable bonds is 3. The Morgan fingerprint density at radius 2 is 2.36 bits per heavy atom. The first-order valence-electron chi connectivity index (χ1n) is 5.01. The lowest BCUT2D eigenvalue weighted by molar-refractivity contribution is -0.142. The summed E-state index contributed by atoms with van der Waals surface area (Å²) in [5, 5.41) is 0. The first kappa shape index (κ1) is 11.2. The van der Waals surface area contributed by atoms with Crippen LogP contribution in [0.25, 0.3) is 0 Å². The van der Waals surface area contributed by atoms with Crippen molar-refractivity contribution in [1.29, 1.82) is 0 Å². The van der Waals surface area contributed by atoms with Gasteiger partial charge in [-0.2, -0.15) is 0 Å². The van der Waals surface area contributed by atoms with Crippen molar-refractivity contribution in [3.8, 4) is 0 Å². The summed E-state index contributed by atoms with van der Waals surface area (Å²) in [4.78, 5) is 11.2. The van der Waals surface area contributed by atoms with E-state index in [1.165, 1.54) is 0 Å². The van der Waals surface area contributed by atoms with Gasteiger partial charge in [0.1, 0.15) is 0 Å². The summed E-state index contributed by atoms with van der Waals surface area (Å²) in [6.07, 6.45) is 3.19. The van der Waals surface area contributed by atoms with Crippen LogP contribution in [0.15, 0.2) is 11.6 Å². The summed E-state index contributed by atoms with van der Waals surface area (Å²) in [6, 6.07) is 0. The van der Waals surface area contributed by atoms with Gasteiger partial charge in [0, 0.05) is 0 Å². The van der Waals surface area contributed by atoms with E-state index in [1.54, 1.807) is 0 Å². The maximum Gasteiger partial charge on any atom is 0.309 e. The molecule has 0 fully saturated rings. The molecule has 1 aliphatic heterocycles. The molecule has 0 N–H and O–H groups in total. The van der Waals surface area contributed by atoms with Gasteiger partial charge in [0.2, 0.25) is 0 Å². The van der Waals surface area contributed by atoms with Gasteiger partial charge < -0.3 is 9.47 Å². The van der Waals surface area contributed by atoms with Gasteiger partial charge in [-0.05, 0) is 27.2 Å². The number of hydrogen-bond acceptors (Lipinski definition) is 3. The molecule has 0 radical (unpaired) electrons. The van der Waals surface area contributed by atoms with Crippen LogP contribution in [0, 0.1) is 0 Å². The third-order valence-electron chi connectivity index (χ3n) is 2.18. The molecule has 1 aliphatic rings. The molecule has 0 amide bonds. The standard InChI is InChI=1S/C11H18O3/c1-4-13-10(12)7-9-5-6-14-11(2,3)8-9/h5H,4,6-8H2,1-3H3. The van der Waals surface area contributed by atoms with Gasteiger partial charge in [-0.1, -0.05) is 11.6 Å². The van der Waals surface area contributed by atoms with E-state index in [9.17, 15) is 4.79 Å². The van der Waals surface area contributed by atoms with E-state index in [4.69, 9.17) is 9.47 Å². The van der Waals surface area contributed by atoms with Crippen molar-refractivity contribution < 1.29 is 14.3 Å². The second-order valence-electron chi connectivity index (χ2n) is 4.09. The maximum atomic E-state index is 11.2. The summed E-state index contributed by atoms with van der Waals surface area (Å²) in [5.41, 5.74) is 0.982. The Labute approximate surface area is 85.1 Å². The third kappa shape index (κ3) is 3.50. The quantitative estimate of drug-likeness (QED) is 0.514. The molecule has 14 heavy (non-hydrogen) atoms. The molecule has 80 valence electrons. The van der Waals surface area contributed by atoms with E-state index < -0.39 is 0 Å². The smallest absolute Gasteiger partial charge is 0.309 e. The predicted octanol–water partition coefficient (Wildman–Crippen LogP) is 2.06. The van der Waals surface area contributed by atoms with Crippen molar-refractivity contribution in [3.63, 3.8) is 0 Å². The highest BCUT2D eigenvalue weighted by Crippen LogP contribution is 2.26. The van der Waals surface area contributed by atoms with Gasteiger partial charge in [-0.15, -0.1) is 0 Å². The third-order valence-corrected chi connectivity index (χ3v) is 2.18. The summed E-state index contributed by atoms with van der Waals surface area (Å²) in [5.74, 6) is -0.142. The van der Waals surface area contributed by atoms with Crippen LogP contribution in [-0.2, 0) is 14.3 Å². The molecule has 0 atom stereocenters. The van der Waals surface area contributed by atoms with Gasteiger partial charge >= 0.3 is 5.97 Å². The van der Waals surface area contributed by atoms with E-state index in [0.29, 0.717) is 19.6 Å². The largest absolute Gasteiger partial charge is 0.466 e. The Bertz CT molecular complexity index is 241. The van der Waals surface area contributed by atoms with Crippen molar-refractivity contribution in [2.24, 2.45) is 0 Å². The number of carbonyl (C=O) groups excluding carboxylic acids is 1. The lowest BCUT2D eigenvalue weighted by Crippen LogP contribution is -2.29. The van der Waals surface area contributed by atoms with Crippen molar-refractivity contribution in [2.45, 2.75) is 39.2 Å². The average molecular weight is 198 g/mol. The fourth-order valence-corrected chi connectivity index (χ4v) is 1.59. The number of carbonyl (C=O) groups is 1. The Hall–Kier alpha value is -0.830. The van der Waals surface area contributed by atoms with Crippen molar-refractivity contribution in [3.05, 3.63) is 11.6 Å². The Kier molecular flexibility index (Phi) is 3.69. The maximum absolute atomic E-state index is 11.2. The molecule has 0 saturated heterocycles. The molecule has 3 nitrogen and oxygen atoms in total. The highest BCUT2D eigenvalue weighted by Gasteiger charge is 2.24. The molecule has 0 unspecified atom stereocenters. The summed E-state index contributed by atoms with van der Waals surface area (Å²) < 4.78 is 10.4. The minimum Gasteiger partial charge on any atom is -0.466 e. The Morgan fingerprint density at radius 3 is 2.93 bits per heavy atom. The Balaban J connectivity index is 2.45. The van der Waals surface area contributed by atoms with E-state index in [1.807, 2.05) is 26.8 Å². The zero-order valence-electron chi connectivity index (χ0n) is 9.13. The zero-order valence-corrected chi connectivity index (χ0v) is 9.13. The monoisotopic (exact) mass is 198 g/mol. The number of ether oxygens (including phenoxy) is 2. The number of esters is 1. The van der Waals surface area contributed by atoms with Crippen LogP contribution >= 0.6 is 0 Å². The van der Waals surface area contributed by atoms with E-state index >= 15 is 0 Å². The molecule has 1 heterocycles. The van der Waals surface area contributed by atoms with E-state index in [0.717, 1.165) is 12.0 Å². The summed E-state index contributed by atoms with van der Waals surface area (Å²) in [6.45, 7) is 6.93. The van der Waals surface area contributed by atoms with Crippen molar-refractivity contribution >= 4 is 5.97 Å². The van der Waals surface area contributed by atoms with Gasteiger partial charge in [-0.3, -0.25) is 4.79 Å². The molecular formula is C11H18O3. The lowest BCUT2D eigenvalue weighted by atomic mass is 9.94. The van der Waals surface area contributed by atoms with Gasteiger partial charge in [-0.25, -0.2) is 0 Å². The molecule has 0 aromatic rings. The first-order valence-corrected chi connectivity index (χ1v) is 5.01. The SMILES string of the molecule is CCOC(=O)CC1=CCOC(C)(C)C1. The molecule has 0 aromatic heterocycles. The molecular weight excluding hydrogens is 180 g/mol. The minimum absolute atomic E-state index is 0.142. The summed E-state index contributed by atoms with van der Waals surface area (Å²) in [7, 11) is 0. The van der Waals surface area contributed by atoms with E-state index in [2.05, 4.69) is 0 Å². The van der Waals surface area contributed by atoms with Crippen LogP contribution in [0.3, 0.4) is 0 Å². The molecule has 1 rings (SSSR count). The first-order chi connectivity index (χ1) is 6.53. The molecule has 0 aromatic carbocycles. The van der Waals surface area contributed by atoms with Crippen molar-refractivity contribution in [1.82, 2.24) is 0 Å². The highest BCUT2D eigenvalue weighted by atomic mass is 16.5. The van der Waals surface area contributed by atoms with Crippen LogP contribution in [-0.4, -0.2) is 24.8 Å². The zero-order chi connectivity index (χ0) is 10.6. The number of hydrogen-bond donors (Lipinski definition) is 0. The molecule has 0 spiro atoms. The normalized spacial score (nSPS) is 20.1. The van der Waals surface area contributed by atoms with Crippen LogP contribution in [0.5, 0.6) is 0 Å². The second kappa shape index (κ2) is 4.60. The molecule has 0 aliphatic carbocycles. The van der Waals surface area contributed by atoms with Crippen LogP contribution in [0.1, 0.15) is 33.6 Å². The van der Waals surface area contributed by atoms with Crippen molar-refractivity contribution in [2.75, 3.05) is 13.2 Å².